The zero-order valence-corrected chi connectivity index (χ0v) is 10.8. The van der Waals surface area contributed by atoms with E-state index < -0.39 is 0 Å². The number of hydrogen-bond acceptors (Lipinski definition) is 2. The van der Waals surface area contributed by atoms with E-state index in [1.165, 1.54) is 5.56 Å². The maximum atomic E-state index is 5.67. The Balaban J connectivity index is 2.21. The van der Waals surface area contributed by atoms with E-state index in [1.54, 1.807) is 0 Å². The maximum Gasteiger partial charge on any atom is 0.0950 e. The van der Waals surface area contributed by atoms with Crippen molar-refractivity contribution in [2.75, 3.05) is 19.7 Å². The van der Waals surface area contributed by atoms with Crippen LogP contribution in [0.15, 0.2) is 27.1 Å². The second-order valence-corrected chi connectivity index (χ2v) is 5.10. The van der Waals surface area contributed by atoms with Gasteiger partial charge < -0.3 is 10.1 Å². The lowest BCUT2D eigenvalue weighted by Crippen LogP contribution is -2.33. The molecule has 0 aliphatic carbocycles. The lowest BCUT2D eigenvalue weighted by atomic mass is 10.1. The van der Waals surface area contributed by atoms with E-state index in [9.17, 15) is 0 Å². The monoisotopic (exact) mass is 319 g/mol. The average Bonchev–Trinajstić information content (AvgIpc) is 2.18. The molecule has 76 valence electrons. The number of hydrogen-bond donors (Lipinski definition) is 1. The Bertz CT molecular complexity index is 304. The second-order valence-electron chi connectivity index (χ2n) is 3.27. The van der Waals surface area contributed by atoms with Gasteiger partial charge in [0.25, 0.3) is 0 Å². The van der Waals surface area contributed by atoms with Gasteiger partial charge in [-0.3, -0.25) is 0 Å². The van der Waals surface area contributed by atoms with Crippen LogP contribution in [0.1, 0.15) is 11.7 Å². The van der Waals surface area contributed by atoms with Gasteiger partial charge in [0, 0.05) is 22.0 Å². The molecular weight excluding hydrogens is 310 g/mol. The quantitative estimate of drug-likeness (QED) is 0.859. The fourth-order valence-electron chi connectivity index (χ4n) is 1.54. The average molecular weight is 321 g/mol. The first-order valence-corrected chi connectivity index (χ1v) is 6.12. The largest absolute Gasteiger partial charge is 0.371 e. The number of halogens is 2. The highest BCUT2D eigenvalue weighted by molar-refractivity contribution is 9.11. The number of morpholine rings is 1. The minimum Gasteiger partial charge on any atom is -0.371 e. The van der Waals surface area contributed by atoms with Gasteiger partial charge in [0.2, 0.25) is 0 Å². The molecule has 1 unspecified atom stereocenters. The van der Waals surface area contributed by atoms with Crippen molar-refractivity contribution in [3.63, 3.8) is 0 Å². The number of rotatable bonds is 1. The standard InChI is InChI=1S/C10H11Br2NO/c11-8-3-7(4-9(12)5-8)10-6-13-1-2-14-10/h3-5,10,13H,1-2,6H2. The van der Waals surface area contributed by atoms with Crippen LogP contribution in [0.3, 0.4) is 0 Å². The Labute approximate surface area is 100 Å². The highest BCUT2D eigenvalue weighted by Gasteiger charge is 2.16. The van der Waals surface area contributed by atoms with Crippen LogP contribution in [0.2, 0.25) is 0 Å². The van der Waals surface area contributed by atoms with Crippen molar-refractivity contribution in [1.29, 1.82) is 0 Å². The van der Waals surface area contributed by atoms with Gasteiger partial charge in [-0.15, -0.1) is 0 Å². The summed E-state index contributed by atoms with van der Waals surface area (Å²) in [4.78, 5) is 0. The minimum atomic E-state index is 0.178. The molecule has 2 nitrogen and oxygen atoms in total. The predicted octanol–water partition coefficient (Wildman–Crippen LogP) is 2.87. The third-order valence-electron chi connectivity index (χ3n) is 2.18. The van der Waals surface area contributed by atoms with Crippen LogP contribution in [0, 0.1) is 0 Å². The molecule has 0 amide bonds. The highest BCUT2D eigenvalue weighted by Crippen LogP contribution is 2.26. The molecule has 1 aliphatic rings. The van der Waals surface area contributed by atoms with Crippen molar-refractivity contribution in [3.8, 4) is 0 Å². The molecule has 1 aliphatic heterocycles. The van der Waals surface area contributed by atoms with Crippen LogP contribution >= 0.6 is 31.9 Å². The summed E-state index contributed by atoms with van der Waals surface area (Å²) in [6.45, 7) is 2.63. The molecule has 1 atom stereocenters. The second kappa shape index (κ2) is 4.75. The molecule has 0 saturated carbocycles. The van der Waals surface area contributed by atoms with Gasteiger partial charge in [0.15, 0.2) is 0 Å². The molecule has 1 aromatic rings. The Morgan fingerprint density at radius 1 is 1.21 bits per heavy atom. The number of nitrogens with one attached hydrogen (secondary N) is 1. The molecule has 1 fully saturated rings. The van der Waals surface area contributed by atoms with Crippen LogP contribution in [-0.4, -0.2) is 19.7 Å². The summed E-state index contributed by atoms with van der Waals surface area (Å²) in [5, 5.41) is 3.32. The van der Waals surface area contributed by atoms with Crippen LogP contribution in [0.25, 0.3) is 0 Å². The number of benzene rings is 1. The van der Waals surface area contributed by atoms with E-state index >= 15 is 0 Å². The molecule has 0 radical (unpaired) electrons. The van der Waals surface area contributed by atoms with Gasteiger partial charge in [-0.05, 0) is 23.8 Å². The molecule has 14 heavy (non-hydrogen) atoms. The molecule has 1 heterocycles. The van der Waals surface area contributed by atoms with E-state index in [2.05, 4.69) is 49.3 Å². The van der Waals surface area contributed by atoms with E-state index in [-0.39, 0.29) is 6.10 Å². The Hall–Kier alpha value is 0.1000. The van der Waals surface area contributed by atoms with Crippen LogP contribution in [-0.2, 0) is 4.74 Å². The number of ether oxygens (including phenoxy) is 1. The first kappa shape index (κ1) is 10.6. The summed E-state index contributed by atoms with van der Waals surface area (Å²) < 4.78 is 7.83. The van der Waals surface area contributed by atoms with Gasteiger partial charge in [0.05, 0.1) is 12.7 Å². The first-order chi connectivity index (χ1) is 6.75. The van der Waals surface area contributed by atoms with Gasteiger partial charge in [0.1, 0.15) is 0 Å². The fourth-order valence-corrected chi connectivity index (χ4v) is 2.87. The van der Waals surface area contributed by atoms with Crippen molar-refractivity contribution in [2.24, 2.45) is 0 Å². The maximum absolute atomic E-state index is 5.67. The molecule has 1 aromatic carbocycles. The zero-order valence-electron chi connectivity index (χ0n) is 7.59. The van der Waals surface area contributed by atoms with Crippen LogP contribution < -0.4 is 5.32 Å². The van der Waals surface area contributed by atoms with Gasteiger partial charge in [-0.1, -0.05) is 31.9 Å². The van der Waals surface area contributed by atoms with Gasteiger partial charge in [-0.25, -0.2) is 0 Å². The van der Waals surface area contributed by atoms with Crippen molar-refractivity contribution >= 4 is 31.9 Å². The van der Waals surface area contributed by atoms with E-state index in [0.29, 0.717) is 0 Å². The third kappa shape index (κ3) is 2.57. The van der Waals surface area contributed by atoms with Crippen molar-refractivity contribution in [2.45, 2.75) is 6.10 Å². The predicted molar refractivity (Wildman–Crippen MR) is 63.4 cm³/mol. The molecule has 1 N–H and O–H groups in total. The smallest absolute Gasteiger partial charge is 0.0950 e. The molecular formula is C10H11Br2NO. The Morgan fingerprint density at radius 2 is 1.93 bits per heavy atom. The van der Waals surface area contributed by atoms with Crippen LogP contribution in [0.5, 0.6) is 0 Å². The zero-order chi connectivity index (χ0) is 9.97. The minimum absolute atomic E-state index is 0.178. The fraction of sp³-hybridized carbons (Fsp3) is 0.400. The van der Waals surface area contributed by atoms with Crippen molar-refractivity contribution < 1.29 is 4.74 Å². The van der Waals surface area contributed by atoms with Gasteiger partial charge >= 0.3 is 0 Å². The summed E-state index contributed by atoms with van der Waals surface area (Å²) in [5.41, 5.74) is 1.21. The summed E-state index contributed by atoms with van der Waals surface area (Å²) in [5.74, 6) is 0. The molecule has 2 rings (SSSR count). The molecule has 0 spiro atoms. The summed E-state index contributed by atoms with van der Waals surface area (Å²) >= 11 is 6.95. The van der Waals surface area contributed by atoms with E-state index in [4.69, 9.17) is 4.74 Å². The third-order valence-corrected chi connectivity index (χ3v) is 3.10. The lowest BCUT2D eigenvalue weighted by Gasteiger charge is -2.24. The molecule has 1 saturated heterocycles. The molecule has 0 aromatic heterocycles. The van der Waals surface area contributed by atoms with E-state index in [1.807, 2.05) is 6.07 Å². The topological polar surface area (TPSA) is 21.3 Å². The van der Waals surface area contributed by atoms with Crippen molar-refractivity contribution in [3.05, 3.63) is 32.7 Å². The summed E-state index contributed by atoms with van der Waals surface area (Å²) in [6, 6.07) is 6.23. The SMILES string of the molecule is Brc1cc(Br)cc(C2CNCCO2)c1. The van der Waals surface area contributed by atoms with Gasteiger partial charge in [-0.2, -0.15) is 0 Å². The molecule has 0 bridgehead atoms. The van der Waals surface area contributed by atoms with E-state index in [0.717, 1.165) is 28.6 Å². The Kier molecular flexibility index (Phi) is 3.60. The van der Waals surface area contributed by atoms with Crippen molar-refractivity contribution in [1.82, 2.24) is 5.32 Å². The molecule has 4 heteroatoms. The highest BCUT2D eigenvalue weighted by atomic mass is 79.9. The lowest BCUT2D eigenvalue weighted by molar-refractivity contribution is 0.0276. The normalized spacial score (nSPS) is 22.3. The first-order valence-electron chi connectivity index (χ1n) is 4.54. The summed E-state index contributed by atoms with van der Waals surface area (Å²) in [6.07, 6.45) is 0.178. The van der Waals surface area contributed by atoms with Crippen LogP contribution in [0.4, 0.5) is 0 Å². The summed E-state index contributed by atoms with van der Waals surface area (Å²) in [7, 11) is 0. The Morgan fingerprint density at radius 3 is 2.50 bits per heavy atom.